The number of hydrogen-bond acceptors (Lipinski definition) is 2. The van der Waals surface area contributed by atoms with E-state index in [2.05, 4.69) is 0 Å². The van der Waals surface area contributed by atoms with E-state index in [1.165, 1.54) is 0 Å². The molecule has 0 saturated carbocycles. The molecule has 1 fully saturated rings. The largest absolute Gasteiger partial charge is 0.312 e. The molecule has 0 aliphatic carbocycles. The zero-order chi connectivity index (χ0) is 16.2. The molecule has 2 aromatic rings. The van der Waals surface area contributed by atoms with E-state index in [4.69, 9.17) is 0 Å². The highest BCUT2D eigenvalue weighted by molar-refractivity contribution is 6.06. The molecule has 0 unspecified atom stereocenters. The summed E-state index contributed by atoms with van der Waals surface area (Å²) in [6.45, 7) is 3.33. The number of nitrogens with zero attached hydrogens (tertiary/aromatic N) is 2. The van der Waals surface area contributed by atoms with E-state index in [-0.39, 0.29) is 11.8 Å². The molecule has 3 rings (SSSR count). The Morgan fingerprint density at radius 1 is 1.09 bits per heavy atom. The Hall–Kier alpha value is -2.62. The van der Waals surface area contributed by atoms with Gasteiger partial charge in [-0.1, -0.05) is 18.2 Å². The summed E-state index contributed by atoms with van der Waals surface area (Å²) < 4.78 is 0. The first-order valence-corrected chi connectivity index (χ1v) is 7.98. The normalized spacial score (nSPS) is 14.1. The third kappa shape index (κ3) is 3.11. The van der Waals surface area contributed by atoms with Crippen molar-refractivity contribution in [2.75, 3.05) is 22.9 Å². The molecular weight excluding hydrogens is 288 g/mol. The Balaban J connectivity index is 1.81. The molecule has 1 saturated heterocycles. The molecule has 0 bridgehead atoms. The second-order valence-electron chi connectivity index (χ2n) is 5.58. The maximum absolute atomic E-state index is 12.7. The summed E-state index contributed by atoms with van der Waals surface area (Å²) in [4.78, 5) is 28.0. The van der Waals surface area contributed by atoms with Gasteiger partial charge in [-0.25, -0.2) is 0 Å². The molecule has 1 aliphatic rings. The van der Waals surface area contributed by atoms with Crippen LogP contribution in [0.2, 0.25) is 0 Å². The fourth-order valence-corrected chi connectivity index (χ4v) is 2.91. The highest BCUT2D eigenvalue weighted by Gasteiger charge is 2.22. The lowest BCUT2D eigenvalue weighted by molar-refractivity contribution is -0.117. The van der Waals surface area contributed by atoms with Crippen LogP contribution in [0.3, 0.4) is 0 Å². The van der Waals surface area contributed by atoms with Crippen LogP contribution in [0.1, 0.15) is 30.1 Å². The number of rotatable bonds is 4. The lowest BCUT2D eigenvalue weighted by Gasteiger charge is -2.22. The van der Waals surface area contributed by atoms with Gasteiger partial charge in [-0.05, 0) is 49.7 Å². The van der Waals surface area contributed by atoms with E-state index in [0.717, 1.165) is 24.3 Å². The average Bonchev–Trinajstić information content (AvgIpc) is 3.02. The van der Waals surface area contributed by atoms with Crippen LogP contribution in [0.4, 0.5) is 11.4 Å². The standard InChI is InChI=1S/C19H20N2O2/c1-2-20(16-7-4-3-5-8-16)19(23)15-10-12-17(13-11-15)21-14-6-9-18(21)22/h3-5,7-8,10-13H,2,6,9,14H2,1H3. The average molecular weight is 308 g/mol. The van der Waals surface area contributed by atoms with Crippen molar-refractivity contribution in [3.63, 3.8) is 0 Å². The van der Waals surface area contributed by atoms with Gasteiger partial charge in [0.05, 0.1) is 0 Å². The smallest absolute Gasteiger partial charge is 0.258 e. The van der Waals surface area contributed by atoms with E-state index in [1.807, 2.05) is 49.4 Å². The zero-order valence-corrected chi connectivity index (χ0v) is 13.2. The molecule has 0 aromatic heterocycles. The Labute approximate surface area is 136 Å². The quantitative estimate of drug-likeness (QED) is 0.867. The lowest BCUT2D eigenvalue weighted by atomic mass is 10.1. The van der Waals surface area contributed by atoms with E-state index in [1.54, 1.807) is 21.9 Å². The molecule has 2 amide bonds. The maximum Gasteiger partial charge on any atom is 0.258 e. The third-order valence-corrected chi connectivity index (χ3v) is 4.13. The minimum Gasteiger partial charge on any atom is -0.312 e. The van der Waals surface area contributed by atoms with Crippen LogP contribution in [-0.4, -0.2) is 24.9 Å². The number of anilines is 2. The Kier molecular flexibility index (Phi) is 4.42. The van der Waals surface area contributed by atoms with Crippen molar-refractivity contribution in [3.8, 4) is 0 Å². The van der Waals surface area contributed by atoms with E-state index in [9.17, 15) is 9.59 Å². The van der Waals surface area contributed by atoms with Crippen LogP contribution in [-0.2, 0) is 4.79 Å². The summed E-state index contributed by atoms with van der Waals surface area (Å²) in [5.41, 5.74) is 2.39. The number of para-hydroxylation sites is 1. The first kappa shape index (κ1) is 15.3. The highest BCUT2D eigenvalue weighted by atomic mass is 16.2. The van der Waals surface area contributed by atoms with Gasteiger partial charge < -0.3 is 9.80 Å². The Morgan fingerprint density at radius 2 is 1.78 bits per heavy atom. The molecule has 1 aliphatic heterocycles. The van der Waals surface area contributed by atoms with Crippen LogP contribution < -0.4 is 9.80 Å². The molecule has 23 heavy (non-hydrogen) atoms. The van der Waals surface area contributed by atoms with Gasteiger partial charge in [0.15, 0.2) is 0 Å². The molecule has 118 valence electrons. The highest BCUT2D eigenvalue weighted by Crippen LogP contribution is 2.23. The summed E-state index contributed by atoms with van der Waals surface area (Å²) in [5.74, 6) is 0.126. The topological polar surface area (TPSA) is 40.6 Å². The molecule has 0 atom stereocenters. The number of carbonyl (C=O) groups excluding carboxylic acids is 2. The molecule has 4 heteroatoms. The van der Waals surface area contributed by atoms with E-state index < -0.39 is 0 Å². The second kappa shape index (κ2) is 6.65. The number of carbonyl (C=O) groups is 2. The van der Waals surface area contributed by atoms with Crippen molar-refractivity contribution < 1.29 is 9.59 Å². The minimum atomic E-state index is -0.0296. The fraction of sp³-hybridized carbons (Fsp3) is 0.263. The maximum atomic E-state index is 12.7. The van der Waals surface area contributed by atoms with Crippen molar-refractivity contribution >= 4 is 23.2 Å². The first-order valence-electron chi connectivity index (χ1n) is 7.98. The van der Waals surface area contributed by atoms with Crippen LogP contribution in [0.25, 0.3) is 0 Å². The summed E-state index contributed by atoms with van der Waals surface area (Å²) >= 11 is 0. The van der Waals surface area contributed by atoms with Crippen LogP contribution in [0, 0.1) is 0 Å². The van der Waals surface area contributed by atoms with Gasteiger partial charge >= 0.3 is 0 Å². The van der Waals surface area contributed by atoms with Gasteiger partial charge in [-0.15, -0.1) is 0 Å². The van der Waals surface area contributed by atoms with Gasteiger partial charge in [0, 0.05) is 36.4 Å². The van der Waals surface area contributed by atoms with E-state index in [0.29, 0.717) is 18.5 Å². The Morgan fingerprint density at radius 3 is 2.35 bits per heavy atom. The van der Waals surface area contributed by atoms with Gasteiger partial charge in [0.25, 0.3) is 5.91 Å². The molecule has 4 nitrogen and oxygen atoms in total. The molecule has 2 aromatic carbocycles. The molecule has 0 N–H and O–H groups in total. The van der Waals surface area contributed by atoms with Crippen molar-refractivity contribution in [3.05, 3.63) is 60.2 Å². The number of hydrogen-bond donors (Lipinski definition) is 0. The molecule has 1 heterocycles. The molecule has 0 radical (unpaired) electrons. The van der Waals surface area contributed by atoms with Crippen LogP contribution in [0.15, 0.2) is 54.6 Å². The monoisotopic (exact) mass is 308 g/mol. The van der Waals surface area contributed by atoms with Gasteiger partial charge in [0.2, 0.25) is 5.91 Å². The first-order chi connectivity index (χ1) is 11.2. The Bertz CT molecular complexity index is 695. The van der Waals surface area contributed by atoms with Crippen molar-refractivity contribution in [2.45, 2.75) is 19.8 Å². The van der Waals surface area contributed by atoms with Crippen molar-refractivity contribution in [1.29, 1.82) is 0 Å². The summed E-state index contributed by atoms with van der Waals surface area (Å²) in [6.07, 6.45) is 1.51. The fourth-order valence-electron chi connectivity index (χ4n) is 2.91. The third-order valence-electron chi connectivity index (χ3n) is 4.13. The number of benzene rings is 2. The predicted molar refractivity (Wildman–Crippen MR) is 91.8 cm³/mol. The van der Waals surface area contributed by atoms with Crippen LogP contribution in [0.5, 0.6) is 0 Å². The summed E-state index contributed by atoms with van der Waals surface area (Å²) in [5, 5.41) is 0. The molecule has 0 spiro atoms. The van der Waals surface area contributed by atoms with Gasteiger partial charge in [0.1, 0.15) is 0 Å². The summed E-state index contributed by atoms with van der Waals surface area (Å²) in [7, 11) is 0. The second-order valence-corrected chi connectivity index (χ2v) is 5.58. The van der Waals surface area contributed by atoms with Crippen molar-refractivity contribution in [2.24, 2.45) is 0 Å². The predicted octanol–water partition coefficient (Wildman–Crippen LogP) is 3.48. The summed E-state index contributed by atoms with van der Waals surface area (Å²) in [6, 6.07) is 17.0. The minimum absolute atomic E-state index is 0.0296. The van der Waals surface area contributed by atoms with Crippen molar-refractivity contribution in [1.82, 2.24) is 0 Å². The molecular formula is C19H20N2O2. The van der Waals surface area contributed by atoms with Crippen LogP contribution >= 0.6 is 0 Å². The van der Waals surface area contributed by atoms with Gasteiger partial charge in [-0.2, -0.15) is 0 Å². The van der Waals surface area contributed by atoms with Gasteiger partial charge in [-0.3, -0.25) is 9.59 Å². The number of amides is 2. The zero-order valence-electron chi connectivity index (χ0n) is 13.2. The SMILES string of the molecule is CCN(C(=O)c1ccc(N2CCCC2=O)cc1)c1ccccc1. The lowest BCUT2D eigenvalue weighted by Crippen LogP contribution is -2.30. The van der Waals surface area contributed by atoms with E-state index >= 15 is 0 Å².